The first kappa shape index (κ1) is 23.5. The quantitative estimate of drug-likeness (QED) is 0.255. The summed E-state index contributed by atoms with van der Waals surface area (Å²) in [5.74, 6) is -0.102. The van der Waals surface area contributed by atoms with Crippen molar-refractivity contribution in [2.24, 2.45) is 5.92 Å². The molecule has 5 nitrogen and oxygen atoms in total. The van der Waals surface area contributed by atoms with Crippen LogP contribution in [0.4, 0.5) is 4.79 Å². The number of rotatable bonds is 12. The molecule has 6 heteroatoms. The molecule has 0 saturated carbocycles. The highest BCUT2D eigenvalue weighted by Gasteiger charge is 2.32. The summed E-state index contributed by atoms with van der Waals surface area (Å²) in [6, 6.07) is 8.93. The van der Waals surface area contributed by atoms with E-state index in [9.17, 15) is 9.59 Å². The molecule has 0 heterocycles. The number of esters is 1. The van der Waals surface area contributed by atoms with Gasteiger partial charge in [0.05, 0.1) is 6.61 Å². The Labute approximate surface area is 171 Å². The molecule has 1 aromatic carbocycles. The number of amides is 1. The van der Waals surface area contributed by atoms with Gasteiger partial charge in [-0.15, -0.1) is 0 Å². The zero-order valence-corrected chi connectivity index (χ0v) is 18.2. The second kappa shape index (κ2) is 13.6. The number of alkyl halides is 1. The van der Waals surface area contributed by atoms with E-state index in [0.29, 0.717) is 19.6 Å². The van der Waals surface area contributed by atoms with E-state index in [2.05, 4.69) is 15.9 Å². The second-order valence-corrected chi connectivity index (χ2v) is 7.67. The van der Waals surface area contributed by atoms with Crippen molar-refractivity contribution < 1.29 is 19.1 Å². The highest BCUT2D eigenvalue weighted by molar-refractivity contribution is 9.09. The second-order valence-electron chi connectivity index (χ2n) is 6.88. The first-order chi connectivity index (χ1) is 13.0. The topological polar surface area (TPSA) is 55.8 Å². The summed E-state index contributed by atoms with van der Waals surface area (Å²) in [5, 5.41) is 0.929. The van der Waals surface area contributed by atoms with Gasteiger partial charge in [0.1, 0.15) is 12.6 Å². The highest BCUT2D eigenvalue weighted by Crippen LogP contribution is 2.17. The van der Waals surface area contributed by atoms with E-state index in [1.165, 1.54) is 0 Å². The number of halogens is 1. The van der Waals surface area contributed by atoms with E-state index in [1.807, 2.05) is 44.2 Å². The van der Waals surface area contributed by atoms with Crippen LogP contribution in [0.1, 0.15) is 52.0 Å². The van der Waals surface area contributed by atoms with E-state index in [0.717, 1.165) is 30.2 Å². The van der Waals surface area contributed by atoms with Gasteiger partial charge in [0.25, 0.3) is 0 Å². The van der Waals surface area contributed by atoms with Crippen LogP contribution in [-0.4, -0.2) is 41.5 Å². The molecule has 152 valence electrons. The third-order valence-corrected chi connectivity index (χ3v) is 4.66. The van der Waals surface area contributed by atoms with Gasteiger partial charge in [0.15, 0.2) is 0 Å². The molecular weight excluding hydrogens is 410 g/mol. The Morgan fingerprint density at radius 1 is 1.07 bits per heavy atom. The third kappa shape index (κ3) is 9.27. The molecule has 0 saturated heterocycles. The Bertz CT molecular complexity index is 550. The fraction of sp³-hybridized carbons (Fsp3) is 0.619. The monoisotopic (exact) mass is 441 g/mol. The van der Waals surface area contributed by atoms with Crippen molar-refractivity contribution in [1.29, 1.82) is 0 Å². The molecule has 0 unspecified atom stereocenters. The lowest BCUT2D eigenvalue weighted by molar-refractivity contribution is -0.149. The first-order valence-corrected chi connectivity index (χ1v) is 10.8. The summed E-state index contributed by atoms with van der Waals surface area (Å²) in [5.41, 5.74) is 0.918. The van der Waals surface area contributed by atoms with Gasteiger partial charge in [0.2, 0.25) is 0 Å². The number of benzene rings is 1. The van der Waals surface area contributed by atoms with Crippen LogP contribution in [0.15, 0.2) is 30.3 Å². The van der Waals surface area contributed by atoms with Crippen LogP contribution in [0.2, 0.25) is 0 Å². The molecule has 0 aliphatic carbocycles. The van der Waals surface area contributed by atoms with Crippen LogP contribution in [-0.2, 0) is 20.9 Å². The van der Waals surface area contributed by atoms with Gasteiger partial charge in [-0.1, -0.05) is 66.5 Å². The summed E-state index contributed by atoms with van der Waals surface area (Å²) in [6.45, 7) is 6.81. The molecule has 27 heavy (non-hydrogen) atoms. The molecule has 0 aromatic heterocycles. The standard InChI is InChI=1S/C21H32BrNO4/c1-4-26-20(24)19(15-17(2)3)23(14-10-6-9-13-22)21(25)27-16-18-11-7-5-8-12-18/h5,7-8,11-12,17,19H,4,6,9-10,13-16H2,1-3H3/t19-/m0/s1. The summed E-state index contributed by atoms with van der Waals surface area (Å²) >= 11 is 3.42. The summed E-state index contributed by atoms with van der Waals surface area (Å²) in [7, 11) is 0. The van der Waals surface area contributed by atoms with Crippen molar-refractivity contribution in [3.63, 3.8) is 0 Å². The van der Waals surface area contributed by atoms with Crippen LogP contribution in [0.5, 0.6) is 0 Å². The van der Waals surface area contributed by atoms with Crippen molar-refractivity contribution in [2.45, 2.75) is 59.1 Å². The van der Waals surface area contributed by atoms with Crippen molar-refractivity contribution in [3.8, 4) is 0 Å². The maximum absolute atomic E-state index is 12.8. The molecule has 0 radical (unpaired) electrons. The van der Waals surface area contributed by atoms with Crippen LogP contribution in [0, 0.1) is 5.92 Å². The van der Waals surface area contributed by atoms with Crippen LogP contribution < -0.4 is 0 Å². The summed E-state index contributed by atoms with van der Waals surface area (Å²) in [4.78, 5) is 26.9. The molecule has 0 aliphatic rings. The van der Waals surface area contributed by atoms with E-state index in [1.54, 1.807) is 11.8 Å². The number of nitrogens with zero attached hydrogens (tertiary/aromatic N) is 1. The van der Waals surface area contributed by atoms with Gasteiger partial charge in [0, 0.05) is 11.9 Å². The normalized spacial score (nSPS) is 11.9. The lowest BCUT2D eigenvalue weighted by Gasteiger charge is -2.30. The summed E-state index contributed by atoms with van der Waals surface area (Å²) < 4.78 is 10.7. The van der Waals surface area contributed by atoms with Crippen LogP contribution in [0.3, 0.4) is 0 Å². The predicted molar refractivity (Wildman–Crippen MR) is 111 cm³/mol. The van der Waals surface area contributed by atoms with Gasteiger partial charge < -0.3 is 9.47 Å². The van der Waals surface area contributed by atoms with Crippen LogP contribution in [0.25, 0.3) is 0 Å². The number of carbonyl (C=O) groups excluding carboxylic acids is 2. The molecule has 0 bridgehead atoms. The lowest BCUT2D eigenvalue weighted by Crippen LogP contribution is -2.47. The average molecular weight is 442 g/mol. The molecule has 0 N–H and O–H groups in total. The van der Waals surface area contributed by atoms with Gasteiger partial charge in [-0.2, -0.15) is 0 Å². The van der Waals surface area contributed by atoms with E-state index in [-0.39, 0.29) is 18.5 Å². The highest BCUT2D eigenvalue weighted by atomic mass is 79.9. The third-order valence-electron chi connectivity index (χ3n) is 4.10. The SMILES string of the molecule is CCOC(=O)[C@H](CC(C)C)N(CCCCCBr)C(=O)OCc1ccccc1. The molecule has 1 amide bonds. The van der Waals surface area contributed by atoms with E-state index in [4.69, 9.17) is 9.47 Å². The fourth-order valence-electron chi connectivity index (χ4n) is 2.77. The number of carbonyl (C=O) groups is 2. The first-order valence-electron chi connectivity index (χ1n) is 9.69. The molecule has 1 aromatic rings. The molecule has 1 atom stereocenters. The molecule has 0 fully saturated rings. The van der Waals surface area contributed by atoms with Crippen molar-refractivity contribution in [1.82, 2.24) is 4.90 Å². The Hall–Kier alpha value is -1.56. The minimum Gasteiger partial charge on any atom is -0.464 e. The predicted octanol–water partition coefficient (Wildman–Crippen LogP) is 5.17. The number of ether oxygens (including phenoxy) is 2. The van der Waals surface area contributed by atoms with Gasteiger partial charge in [-0.05, 0) is 37.7 Å². The van der Waals surface area contributed by atoms with Gasteiger partial charge in [-0.25, -0.2) is 9.59 Å². The van der Waals surface area contributed by atoms with Crippen molar-refractivity contribution in [3.05, 3.63) is 35.9 Å². The maximum atomic E-state index is 12.8. The zero-order valence-electron chi connectivity index (χ0n) is 16.7. The molecule has 1 rings (SSSR count). The number of hydrogen-bond acceptors (Lipinski definition) is 4. The largest absolute Gasteiger partial charge is 0.464 e. The lowest BCUT2D eigenvalue weighted by atomic mass is 10.0. The average Bonchev–Trinajstić information content (AvgIpc) is 2.65. The fourth-order valence-corrected chi connectivity index (χ4v) is 3.16. The Morgan fingerprint density at radius 2 is 1.78 bits per heavy atom. The maximum Gasteiger partial charge on any atom is 0.410 e. The zero-order chi connectivity index (χ0) is 20.1. The van der Waals surface area contributed by atoms with Crippen molar-refractivity contribution in [2.75, 3.05) is 18.5 Å². The Balaban J connectivity index is 2.85. The molecule has 0 spiro atoms. The minimum absolute atomic E-state index is 0.189. The van der Waals surface area contributed by atoms with Gasteiger partial charge >= 0.3 is 12.1 Å². The Morgan fingerprint density at radius 3 is 2.37 bits per heavy atom. The molecule has 0 aliphatic heterocycles. The number of unbranched alkanes of at least 4 members (excludes halogenated alkanes) is 2. The van der Waals surface area contributed by atoms with Crippen LogP contribution >= 0.6 is 15.9 Å². The van der Waals surface area contributed by atoms with E-state index >= 15 is 0 Å². The number of hydrogen-bond donors (Lipinski definition) is 0. The summed E-state index contributed by atoms with van der Waals surface area (Å²) in [6.07, 6.45) is 2.92. The minimum atomic E-state index is -0.614. The smallest absolute Gasteiger partial charge is 0.410 e. The Kier molecular flexibility index (Phi) is 11.8. The van der Waals surface area contributed by atoms with Crippen molar-refractivity contribution >= 4 is 28.0 Å². The molecular formula is C21H32BrNO4. The van der Waals surface area contributed by atoms with Gasteiger partial charge in [-0.3, -0.25) is 4.90 Å². The van der Waals surface area contributed by atoms with E-state index < -0.39 is 12.1 Å².